The monoisotopic (exact) mass is 469 g/mol. The Morgan fingerprint density at radius 3 is 2.46 bits per heavy atom. The quantitative estimate of drug-likeness (QED) is 0.682. The van der Waals surface area contributed by atoms with Gasteiger partial charge in [0.05, 0.1) is 20.3 Å². The van der Waals surface area contributed by atoms with Crippen LogP contribution in [0.15, 0.2) is 45.8 Å². The first-order chi connectivity index (χ1) is 13.3. The first-order valence-electron chi connectivity index (χ1n) is 9.07. The molecule has 1 heterocycles. The van der Waals surface area contributed by atoms with Crippen LogP contribution in [0.1, 0.15) is 31.9 Å². The molecule has 1 aliphatic heterocycles. The molecule has 2 aromatic carbocycles. The summed E-state index contributed by atoms with van der Waals surface area (Å²) in [5.41, 5.74) is 0.816. The van der Waals surface area contributed by atoms with E-state index in [4.69, 9.17) is 14.2 Å². The van der Waals surface area contributed by atoms with E-state index in [0.29, 0.717) is 29.2 Å². The summed E-state index contributed by atoms with van der Waals surface area (Å²) in [5, 5.41) is 0. The second kappa shape index (κ2) is 8.71. The first-order valence-corrected chi connectivity index (χ1v) is 11.3. The maximum atomic E-state index is 13.1. The van der Waals surface area contributed by atoms with Crippen LogP contribution in [-0.4, -0.2) is 28.7 Å². The van der Waals surface area contributed by atoms with Crippen molar-refractivity contribution < 1.29 is 22.6 Å². The summed E-state index contributed by atoms with van der Waals surface area (Å²) in [7, 11) is -2.37. The van der Waals surface area contributed by atoms with Gasteiger partial charge in [-0.3, -0.25) is 0 Å². The Hall–Kier alpha value is -1.77. The number of methoxy groups -OCH3 is 1. The summed E-state index contributed by atoms with van der Waals surface area (Å²) < 4.78 is 46.4. The Morgan fingerprint density at radius 1 is 1.07 bits per heavy atom. The van der Waals surface area contributed by atoms with Crippen molar-refractivity contribution >= 4 is 26.0 Å². The van der Waals surface area contributed by atoms with Crippen molar-refractivity contribution in [3.8, 4) is 17.2 Å². The second-order valence-corrected chi connectivity index (χ2v) is 9.49. The molecule has 1 atom stereocenters. The predicted octanol–water partition coefficient (Wildman–Crippen LogP) is 4.29. The van der Waals surface area contributed by atoms with Crippen LogP contribution in [-0.2, 0) is 10.0 Å². The highest BCUT2D eigenvalue weighted by Gasteiger charge is 2.27. The maximum absolute atomic E-state index is 13.1. The Morgan fingerprint density at radius 2 is 1.79 bits per heavy atom. The van der Waals surface area contributed by atoms with E-state index >= 15 is 0 Å². The largest absolute Gasteiger partial charge is 0.495 e. The summed E-state index contributed by atoms with van der Waals surface area (Å²) in [6.07, 6.45) is 0.812. The van der Waals surface area contributed by atoms with Crippen molar-refractivity contribution in [2.75, 3.05) is 20.3 Å². The van der Waals surface area contributed by atoms with Gasteiger partial charge in [0.15, 0.2) is 11.5 Å². The summed E-state index contributed by atoms with van der Waals surface area (Å²) in [6, 6.07) is 10.0. The van der Waals surface area contributed by atoms with E-state index in [1.165, 1.54) is 13.2 Å². The number of benzene rings is 2. The van der Waals surface area contributed by atoms with E-state index in [1.807, 2.05) is 32.0 Å². The zero-order valence-corrected chi connectivity index (χ0v) is 18.5. The normalized spacial score (nSPS) is 15.2. The molecule has 0 aromatic heterocycles. The molecule has 28 heavy (non-hydrogen) atoms. The van der Waals surface area contributed by atoms with Gasteiger partial charge < -0.3 is 14.2 Å². The van der Waals surface area contributed by atoms with Gasteiger partial charge >= 0.3 is 0 Å². The minimum absolute atomic E-state index is 0.0117. The molecule has 1 aliphatic rings. The van der Waals surface area contributed by atoms with Gasteiger partial charge in [0.2, 0.25) is 10.0 Å². The molecule has 1 N–H and O–H groups in total. The van der Waals surface area contributed by atoms with Crippen LogP contribution in [0.2, 0.25) is 0 Å². The number of rotatable bonds is 6. The van der Waals surface area contributed by atoms with Gasteiger partial charge in [-0.25, -0.2) is 13.1 Å². The number of halogens is 1. The van der Waals surface area contributed by atoms with Crippen LogP contribution < -0.4 is 18.9 Å². The zero-order chi connectivity index (χ0) is 20.3. The molecular formula is C20H24BrNO5S. The highest BCUT2D eigenvalue weighted by atomic mass is 79.9. The molecule has 0 bridgehead atoms. The van der Waals surface area contributed by atoms with E-state index in [9.17, 15) is 8.42 Å². The van der Waals surface area contributed by atoms with E-state index in [-0.39, 0.29) is 16.6 Å². The van der Waals surface area contributed by atoms with E-state index < -0.39 is 16.1 Å². The van der Waals surface area contributed by atoms with Crippen LogP contribution in [0.4, 0.5) is 0 Å². The number of hydrogen-bond acceptors (Lipinski definition) is 5. The lowest BCUT2D eigenvalue weighted by Gasteiger charge is -2.24. The van der Waals surface area contributed by atoms with Crippen molar-refractivity contribution in [3.05, 3.63) is 46.4 Å². The fraction of sp³-hybridized carbons (Fsp3) is 0.400. The minimum atomic E-state index is -3.82. The molecule has 0 saturated heterocycles. The molecule has 6 nitrogen and oxygen atoms in total. The topological polar surface area (TPSA) is 73.9 Å². The van der Waals surface area contributed by atoms with E-state index in [2.05, 4.69) is 20.7 Å². The number of nitrogens with one attached hydrogen (secondary N) is 1. The lowest BCUT2D eigenvalue weighted by atomic mass is 9.97. The van der Waals surface area contributed by atoms with Crippen LogP contribution in [0.25, 0.3) is 0 Å². The molecule has 8 heteroatoms. The smallest absolute Gasteiger partial charge is 0.244 e. The van der Waals surface area contributed by atoms with Crippen molar-refractivity contribution in [3.63, 3.8) is 0 Å². The Labute approximate surface area is 174 Å². The van der Waals surface area contributed by atoms with Crippen LogP contribution in [0.5, 0.6) is 17.2 Å². The summed E-state index contributed by atoms with van der Waals surface area (Å²) in [5.74, 6) is 1.62. The van der Waals surface area contributed by atoms with Crippen LogP contribution >= 0.6 is 15.9 Å². The fourth-order valence-corrected chi connectivity index (χ4v) is 5.13. The van der Waals surface area contributed by atoms with Crippen LogP contribution in [0, 0.1) is 5.92 Å². The van der Waals surface area contributed by atoms with Gasteiger partial charge in [0.1, 0.15) is 10.6 Å². The Balaban J connectivity index is 1.96. The molecular weight excluding hydrogens is 446 g/mol. The molecule has 0 fully saturated rings. The van der Waals surface area contributed by atoms with E-state index in [0.717, 1.165) is 12.0 Å². The maximum Gasteiger partial charge on any atom is 0.244 e. The fourth-order valence-electron chi connectivity index (χ4n) is 3.05. The summed E-state index contributed by atoms with van der Waals surface area (Å²) in [6.45, 7) is 5.11. The first kappa shape index (κ1) is 21.0. The van der Waals surface area contributed by atoms with Gasteiger partial charge in [-0.15, -0.1) is 0 Å². The molecule has 3 rings (SSSR count). The second-order valence-electron chi connectivity index (χ2n) is 6.89. The third kappa shape index (κ3) is 4.61. The molecule has 152 valence electrons. The third-order valence-electron chi connectivity index (χ3n) is 4.49. The standard InChI is InChI=1S/C20H24BrNO5S/c1-13(2)20(14-5-7-16-18(11-14)27-10-4-9-26-16)22-28(23,24)19-12-15(21)6-8-17(19)25-3/h5-8,11-13,20,22H,4,9-10H2,1-3H3/t20-/m0/s1. The van der Waals surface area contributed by atoms with Crippen molar-refractivity contribution in [2.45, 2.75) is 31.2 Å². The molecule has 2 aromatic rings. The molecule has 0 spiro atoms. The lowest BCUT2D eigenvalue weighted by molar-refractivity contribution is 0.297. The Bertz CT molecular complexity index is 946. The number of sulfonamides is 1. The van der Waals surface area contributed by atoms with Crippen molar-refractivity contribution in [1.82, 2.24) is 4.72 Å². The number of ether oxygens (including phenoxy) is 3. The van der Waals surface area contributed by atoms with E-state index in [1.54, 1.807) is 12.1 Å². The SMILES string of the molecule is COc1ccc(Br)cc1S(=O)(=O)N[C@H](c1ccc2c(c1)OCCCO2)C(C)C. The third-order valence-corrected chi connectivity index (χ3v) is 6.45. The average molecular weight is 470 g/mol. The summed E-state index contributed by atoms with van der Waals surface area (Å²) >= 11 is 3.33. The van der Waals surface area contributed by atoms with Gasteiger partial charge in [0.25, 0.3) is 0 Å². The van der Waals surface area contributed by atoms with Gasteiger partial charge in [0, 0.05) is 16.9 Å². The molecule has 0 unspecified atom stereocenters. The zero-order valence-electron chi connectivity index (χ0n) is 16.1. The van der Waals surface area contributed by atoms with Crippen molar-refractivity contribution in [1.29, 1.82) is 0 Å². The molecule has 0 aliphatic carbocycles. The molecule has 0 saturated carbocycles. The van der Waals surface area contributed by atoms with Gasteiger partial charge in [-0.05, 0) is 41.8 Å². The van der Waals surface area contributed by atoms with Gasteiger partial charge in [-0.1, -0.05) is 35.8 Å². The highest BCUT2D eigenvalue weighted by molar-refractivity contribution is 9.10. The molecule has 0 radical (unpaired) electrons. The van der Waals surface area contributed by atoms with Crippen LogP contribution in [0.3, 0.4) is 0 Å². The Kier molecular flexibility index (Phi) is 6.52. The molecule has 0 amide bonds. The number of fused-ring (bicyclic) bond motifs is 1. The van der Waals surface area contributed by atoms with Gasteiger partial charge in [-0.2, -0.15) is 0 Å². The average Bonchev–Trinajstić information content (AvgIpc) is 2.90. The summed E-state index contributed by atoms with van der Waals surface area (Å²) in [4.78, 5) is 0.0874. The van der Waals surface area contributed by atoms with Crippen molar-refractivity contribution in [2.24, 2.45) is 5.92 Å². The lowest BCUT2D eigenvalue weighted by Crippen LogP contribution is -2.32. The highest BCUT2D eigenvalue weighted by Crippen LogP contribution is 2.35. The number of hydrogen-bond donors (Lipinski definition) is 1. The predicted molar refractivity (Wildman–Crippen MR) is 111 cm³/mol. The minimum Gasteiger partial charge on any atom is -0.495 e.